The third kappa shape index (κ3) is 34.9. The maximum atomic E-state index is 13.9. The van der Waals surface area contributed by atoms with E-state index in [0.29, 0.717) is 129 Å². The third-order valence-electron chi connectivity index (χ3n) is 23.9. The molecule has 7 fully saturated rings. The largest absolute Gasteiger partial charge is 2.00 e. The van der Waals surface area contributed by atoms with Crippen molar-refractivity contribution in [1.82, 2.24) is 59.2 Å². The second-order valence-corrected chi connectivity index (χ2v) is 38.6. The number of aliphatic hydroxyl groups excluding tert-OH is 1. The molecule has 4 N–H and O–H groups in total. The van der Waals surface area contributed by atoms with E-state index in [1.807, 2.05) is 0 Å². The number of halogens is 7. The molecule has 1 aliphatic heterocycles. The molecular weight excluding hydrogens is 2100 g/mol. The van der Waals surface area contributed by atoms with Crippen LogP contribution >= 0.6 is 9.90 Å². The normalized spacial score (nSPS) is 18.5. The van der Waals surface area contributed by atoms with Crippen LogP contribution in [-0.2, 0) is 44.8 Å². The Labute approximate surface area is 866 Å². The van der Waals surface area contributed by atoms with Crippen molar-refractivity contribution in [3.63, 3.8) is 0 Å². The number of ether oxygens (including phenoxy) is 4. The maximum absolute atomic E-state index is 13.9. The van der Waals surface area contributed by atoms with Gasteiger partial charge in [-0.05, 0) is 270 Å². The van der Waals surface area contributed by atoms with Crippen LogP contribution in [0.1, 0.15) is 320 Å². The van der Waals surface area contributed by atoms with Gasteiger partial charge >= 0.3 is 41.3 Å². The van der Waals surface area contributed by atoms with Crippen LogP contribution in [0.3, 0.4) is 0 Å². The van der Waals surface area contributed by atoms with Gasteiger partial charge in [0.2, 0.25) is 17.7 Å². The molecule has 0 bridgehead atoms. The van der Waals surface area contributed by atoms with Crippen molar-refractivity contribution in [1.29, 1.82) is 0 Å². The summed E-state index contributed by atoms with van der Waals surface area (Å²) in [7, 11) is 0. The Kier molecular flexibility index (Phi) is 45.7. The number of pyridine rings is 3. The van der Waals surface area contributed by atoms with Crippen molar-refractivity contribution >= 4 is 110 Å². The Morgan fingerprint density at radius 2 is 0.773 bits per heavy atom. The molecule has 0 spiro atoms. The molecule has 43 heteroatoms. The number of carbonyl (C=O) groups is 7. The van der Waals surface area contributed by atoms with Gasteiger partial charge in [0, 0.05) is 115 Å². The molecular formula is C98H136BrF6MgN18O15PW. The van der Waals surface area contributed by atoms with Crippen LogP contribution in [-0.4, -0.2) is 185 Å². The van der Waals surface area contributed by atoms with E-state index < -0.39 is 95.3 Å². The Balaban J connectivity index is 0.000000307. The first kappa shape index (κ1) is 118. The van der Waals surface area contributed by atoms with E-state index in [0.717, 1.165) is 109 Å². The van der Waals surface area contributed by atoms with E-state index >= 15 is 0 Å². The molecule has 6 saturated carbocycles. The molecule has 6 amide bonds. The smallest absolute Gasteiger partial charge is 1.00 e. The van der Waals surface area contributed by atoms with Gasteiger partial charge in [-0.25, -0.2) is 70.6 Å². The van der Waals surface area contributed by atoms with Gasteiger partial charge < -0.3 is 82.5 Å². The van der Waals surface area contributed by atoms with E-state index in [2.05, 4.69) is 75.0 Å². The van der Waals surface area contributed by atoms with Crippen molar-refractivity contribution < 1.29 is 137 Å². The van der Waals surface area contributed by atoms with Gasteiger partial charge in [-0.2, -0.15) is 25.2 Å². The zero-order chi connectivity index (χ0) is 98.0. The number of nitrogens with zero attached hydrogens (tertiary/aromatic N) is 15. The topological polar surface area (TPSA) is 393 Å². The fraction of sp³-hybridized carbons (Fsp3) is 0.582. The number of carbonyl (C=O) groups excluding carboxylic acids is 7. The van der Waals surface area contributed by atoms with Crippen molar-refractivity contribution in [2.45, 2.75) is 293 Å². The minimum atomic E-state index is -2.90. The molecule has 141 heavy (non-hydrogen) atoms. The Hall–Kier alpha value is -9.54. The summed E-state index contributed by atoms with van der Waals surface area (Å²) in [5.41, 5.74) is -2.71. The summed E-state index contributed by atoms with van der Waals surface area (Å²) < 4.78 is 132. The van der Waals surface area contributed by atoms with Crippen molar-refractivity contribution in [3.05, 3.63) is 134 Å². The van der Waals surface area contributed by atoms with Gasteiger partial charge in [-0.15, -0.1) is 0 Å². The van der Waals surface area contributed by atoms with Gasteiger partial charge in [-0.3, -0.25) is 43.1 Å². The van der Waals surface area contributed by atoms with E-state index in [-0.39, 0.29) is 168 Å². The van der Waals surface area contributed by atoms with Gasteiger partial charge in [0.15, 0.2) is 34.2 Å². The zero-order valence-electron chi connectivity index (χ0n) is 83.0. The summed E-state index contributed by atoms with van der Waals surface area (Å²) >= 11 is 0. The number of hydrogen-bond donors (Lipinski definition) is 4. The number of amides is 6. The molecule has 0 aromatic carbocycles. The van der Waals surface area contributed by atoms with Crippen LogP contribution in [0.15, 0.2) is 106 Å². The zero-order valence-corrected chi connectivity index (χ0v) is 89.4. The fourth-order valence-electron chi connectivity index (χ4n) is 16.0. The fourth-order valence-corrected chi connectivity index (χ4v) is 16.0. The number of aromatic nitrogens is 12. The van der Waals surface area contributed by atoms with Gasteiger partial charge in [-0.1, -0.05) is 35.1 Å². The van der Waals surface area contributed by atoms with E-state index in [1.165, 1.54) is 80.3 Å². The Bertz CT molecular complexity index is 5270. The second-order valence-electron chi connectivity index (χ2n) is 38.6. The van der Waals surface area contributed by atoms with Crippen LogP contribution in [0.4, 0.5) is 75.2 Å². The molecule has 7 aliphatic rings. The summed E-state index contributed by atoms with van der Waals surface area (Å²) in [4.78, 5) is 119. The predicted octanol–water partition coefficient (Wildman–Crippen LogP) is 19.8. The van der Waals surface area contributed by atoms with Crippen molar-refractivity contribution in [2.24, 2.45) is 41.4 Å². The standard InChI is InChI=1S/C31H40F2N6O4.C30H38F2N6O5.C29H34F2N6O5.C4H8O.C2H6.CH4.CH3.BrH.Mg.H3P.W/c1-18(2)20-8-10-22(11-9-20)39-16-23(26(37-39)27(32)33)35-28(40)24-17-42-29(36-24)21-12-13-34-25(14-21)38(15-19-6-7-19)30(41)43-31(3,4)5;1-17(39)19-7-9-21(10-8-19)38-15-22(25(36-38)26(31)32)34-27(40)23-16-42-28(35-23)20-11-12-33-24(13-20)37(14-18-5-6-18)29(41)43-30(2,3)4;1-29(2,3)42-28(40)36(13-17-4-5-17)23-12-19(10-11-32-23)27-34-22(16-41-27)26(39)33-21-14-37(35-24(21)25(30)31)20-8-6-18(15-38)7-9-20;1-2-4-5-3-1;1-2;;;;;;/h12-14,16-20,22,27H,6-11,15H2,1-5H3,(H,35,40);11-13,15-19,21,26,39H,5-10,14H2,1-4H3,(H,34,40);10-12,14-18,20,25H,4-9,13H2,1-3H3,(H,33,39);1-4H2;1-2H3;1H4;1H3;1H;;1H3;/q;;;;;;-1;;+2;;/p-1/i;;;;1D;;;;;;. The molecule has 2 unspecified atom stereocenters. The minimum Gasteiger partial charge on any atom is -1.00 e. The van der Waals surface area contributed by atoms with Gasteiger partial charge in [0.05, 0.1) is 41.3 Å². The summed E-state index contributed by atoms with van der Waals surface area (Å²) in [5, 5.41) is 29.7. The van der Waals surface area contributed by atoms with Crippen molar-refractivity contribution in [3.8, 4) is 34.4 Å². The quantitative estimate of drug-likeness (QED) is 0.00927. The molecule has 770 valence electrons. The third-order valence-corrected chi connectivity index (χ3v) is 23.9. The second kappa shape index (κ2) is 54.4. The molecule has 16 rings (SSSR count). The number of oxazole rings is 3. The molecule has 6 aliphatic carbocycles. The average Bonchev–Trinajstić information content (AvgIpc) is 1.63. The summed E-state index contributed by atoms with van der Waals surface area (Å²) in [6.45, 7) is 28.0. The first-order chi connectivity index (χ1) is 64.7. The molecule has 1 saturated heterocycles. The van der Waals surface area contributed by atoms with Crippen LogP contribution < -0.4 is 47.6 Å². The molecule has 9 aromatic heterocycles. The number of nitrogens with one attached hydrogen (secondary N) is 3. The SMILES string of the molecule is C.C1CCOC1.CC(C)(C)OC(=O)N(CC1CC1)c1cc(-c2nc(C(=O)Nc3cn(C4CCC(C=O)CC4)nc3C(F)F)co2)ccn1.CC(C)C1CCC(n2cc(NC(=O)c3coc(-c4ccnc(N(CC5CC5)C(=O)OC(C)(C)C)c4)n3)c(C(F)F)n2)CC1.CC(O)C1CCC(n2cc(NC(=O)c3coc(-c4ccnc(N(CC5CC5)C(=O)OC(C)(C)C)c4)n3)c(C(F)F)n2)CC1.P.[2H]CC.[Br-].[CH3-].[Mg+2].[W]. The average molecular weight is 2240 g/mol. The van der Waals surface area contributed by atoms with Crippen LogP contribution in [0.25, 0.3) is 34.4 Å². The Morgan fingerprint density at radius 1 is 0.496 bits per heavy atom. The summed E-state index contributed by atoms with van der Waals surface area (Å²) in [6.07, 6.45) is 20.6. The number of anilines is 6. The number of aliphatic hydroxyl groups is 1. The number of alkyl halides is 6. The van der Waals surface area contributed by atoms with Gasteiger partial charge in [0.1, 0.15) is 59.3 Å². The molecule has 10 heterocycles. The van der Waals surface area contributed by atoms with Crippen LogP contribution in [0.5, 0.6) is 0 Å². The van der Waals surface area contributed by atoms with E-state index in [9.17, 15) is 65.0 Å². The molecule has 2 atom stereocenters. The summed E-state index contributed by atoms with van der Waals surface area (Å²) in [5.74, 6) is 1.72. The first-order valence-corrected chi connectivity index (χ1v) is 46.5. The predicted molar refractivity (Wildman–Crippen MR) is 520 cm³/mol. The molecule has 9 aromatic rings. The monoisotopic (exact) mass is 2240 g/mol. The Morgan fingerprint density at radius 3 is 1.01 bits per heavy atom. The van der Waals surface area contributed by atoms with E-state index in [4.69, 9.17) is 33.6 Å². The van der Waals surface area contributed by atoms with Crippen molar-refractivity contribution in [2.75, 3.05) is 63.5 Å². The van der Waals surface area contributed by atoms with E-state index in [1.54, 1.807) is 117 Å². The van der Waals surface area contributed by atoms with Gasteiger partial charge in [0.25, 0.3) is 37.0 Å². The molecule has 33 nitrogen and oxygen atoms in total. The number of hydrogen-bond acceptors (Lipinski definition) is 24. The number of aldehydes is 1. The minimum absolute atomic E-state index is 0. The first-order valence-electron chi connectivity index (χ1n) is 47.2. The maximum Gasteiger partial charge on any atom is 2.00 e. The van der Waals surface area contributed by atoms with Crippen LogP contribution in [0.2, 0.25) is 0 Å². The number of rotatable bonds is 27. The summed E-state index contributed by atoms with van der Waals surface area (Å²) in [6, 6.07) is 9.58. The molecule has 0 radical (unpaired) electrons. The van der Waals surface area contributed by atoms with Crippen LogP contribution in [0, 0.1) is 48.9 Å².